The Bertz CT molecular complexity index is 531. The third kappa shape index (κ3) is 7.30. The van der Waals surface area contributed by atoms with Crippen LogP contribution >= 0.6 is 0 Å². The average molecular weight is 320 g/mol. The molecule has 0 aromatic heterocycles. The van der Waals surface area contributed by atoms with Gasteiger partial charge < -0.3 is 21.3 Å². The number of hydrogen-bond donors (Lipinski definition) is 4. The van der Waals surface area contributed by atoms with Gasteiger partial charge in [-0.2, -0.15) is 0 Å². The minimum Gasteiger partial charge on any atom is -0.355 e. The summed E-state index contributed by atoms with van der Waals surface area (Å²) in [4.78, 5) is 34.9. The van der Waals surface area contributed by atoms with Gasteiger partial charge in [0.15, 0.2) is 0 Å². The lowest BCUT2D eigenvalue weighted by molar-refractivity contribution is -0.124. The van der Waals surface area contributed by atoms with Gasteiger partial charge in [-0.3, -0.25) is 9.59 Å². The molecule has 4 N–H and O–H groups in total. The quantitative estimate of drug-likeness (QED) is 0.566. The Hall–Kier alpha value is -2.57. The van der Waals surface area contributed by atoms with E-state index < -0.39 is 12.1 Å². The van der Waals surface area contributed by atoms with E-state index in [0.29, 0.717) is 18.8 Å². The molecule has 0 aliphatic carbocycles. The van der Waals surface area contributed by atoms with Gasteiger partial charge in [0, 0.05) is 25.7 Å². The first kappa shape index (κ1) is 18.5. The molecular formula is C16H24N4O3. The van der Waals surface area contributed by atoms with Crippen molar-refractivity contribution in [1.29, 1.82) is 0 Å². The van der Waals surface area contributed by atoms with E-state index in [0.717, 1.165) is 0 Å². The van der Waals surface area contributed by atoms with Crippen LogP contribution in [-0.4, -0.2) is 37.0 Å². The molecule has 0 radical (unpaired) electrons. The first-order valence-electron chi connectivity index (χ1n) is 7.55. The second-order valence-electron chi connectivity index (χ2n) is 5.46. The number of amides is 4. The summed E-state index contributed by atoms with van der Waals surface area (Å²) in [6.45, 7) is 5.77. The maximum Gasteiger partial charge on any atom is 0.319 e. The van der Waals surface area contributed by atoms with E-state index in [1.54, 1.807) is 12.1 Å². The van der Waals surface area contributed by atoms with Crippen molar-refractivity contribution in [2.24, 2.45) is 5.92 Å². The van der Waals surface area contributed by atoms with Gasteiger partial charge in [-0.25, -0.2) is 4.79 Å². The molecule has 1 aromatic rings. The number of urea groups is 1. The molecule has 0 bridgehead atoms. The number of rotatable bonds is 7. The molecule has 1 atom stereocenters. The van der Waals surface area contributed by atoms with Crippen molar-refractivity contribution in [3.05, 3.63) is 30.3 Å². The first-order chi connectivity index (χ1) is 10.9. The monoisotopic (exact) mass is 320 g/mol. The predicted octanol–water partition coefficient (Wildman–Crippen LogP) is 1.08. The summed E-state index contributed by atoms with van der Waals surface area (Å²) in [5.74, 6) is -0.508. The van der Waals surface area contributed by atoms with Crippen LogP contribution in [0.5, 0.6) is 0 Å². The summed E-state index contributed by atoms with van der Waals surface area (Å²) in [6.07, 6.45) is 0. The molecule has 7 nitrogen and oxygen atoms in total. The summed E-state index contributed by atoms with van der Waals surface area (Å²) >= 11 is 0. The van der Waals surface area contributed by atoms with Gasteiger partial charge in [-0.15, -0.1) is 0 Å². The van der Waals surface area contributed by atoms with Crippen LogP contribution in [0.25, 0.3) is 0 Å². The molecule has 126 valence electrons. The zero-order chi connectivity index (χ0) is 17.2. The zero-order valence-corrected chi connectivity index (χ0v) is 13.7. The van der Waals surface area contributed by atoms with Crippen LogP contribution in [-0.2, 0) is 9.59 Å². The average Bonchev–Trinajstić information content (AvgIpc) is 2.49. The number of carbonyl (C=O) groups excluding carboxylic acids is 3. The Morgan fingerprint density at radius 1 is 1.00 bits per heavy atom. The third-order valence-corrected chi connectivity index (χ3v) is 3.07. The molecule has 0 saturated heterocycles. The number of para-hydroxylation sites is 1. The molecule has 0 heterocycles. The Kier molecular flexibility index (Phi) is 7.59. The molecule has 0 fully saturated rings. The molecule has 4 amide bonds. The fourth-order valence-electron chi connectivity index (χ4n) is 1.90. The van der Waals surface area contributed by atoms with Gasteiger partial charge in [-0.1, -0.05) is 32.0 Å². The van der Waals surface area contributed by atoms with E-state index in [1.807, 2.05) is 32.0 Å². The van der Waals surface area contributed by atoms with E-state index >= 15 is 0 Å². The van der Waals surface area contributed by atoms with Crippen LogP contribution in [0.1, 0.15) is 20.8 Å². The van der Waals surface area contributed by atoms with Crippen molar-refractivity contribution >= 4 is 23.5 Å². The smallest absolute Gasteiger partial charge is 0.319 e. The van der Waals surface area contributed by atoms with Crippen molar-refractivity contribution in [1.82, 2.24) is 16.0 Å². The van der Waals surface area contributed by atoms with E-state index in [9.17, 15) is 14.4 Å². The van der Waals surface area contributed by atoms with Gasteiger partial charge in [0.2, 0.25) is 11.8 Å². The van der Waals surface area contributed by atoms with E-state index in [4.69, 9.17) is 0 Å². The van der Waals surface area contributed by atoms with E-state index in [2.05, 4.69) is 21.3 Å². The highest BCUT2D eigenvalue weighted by Gasteiger charge is 2.23. The van der Waals surface area contributed by atoms with Gasteiger partial charge in [0.05, 0.1) is 0 Å². The van der Waals surface area contributed by atoms with Crippen LogP contribution in [0.3, 0.4) is 0 Å². The zero-order valence-electron chi connectivity index (χ0n) is 13.7. The van der Waals surface area contributed by atoms with Crippen LogP contribution < -0.4 is 21.3 Å². The molecule has 0 aliphatic rings. The molecular weight excluding hydrogens is 296 g/mol. The lowest BCUT2D eigenvalue weighted by atomic mass is 10.0. The summed E-state index contributed by atoms with van der Waals surface area (Å²) in [6, 6.07) is 7.90. The van der Waals surface area contributed by atoms with Gasteiger partial charge in [-0.05, 0) is 18.1 Å². The Balaban J connectivity index is 2.48. The SMILES string of the molecule is CC(=O)NCCNC(=O)C(NC(=O)Nc1ccccc1)C(C)C. The highest BCUT2D eigenvalue weighted by atomic mass is 16.2. The van der Waals surface area contributed by atoms with Gasteiger partial charge >= 0.3 is 6.03 Å². The Morgan fingerprint density at radius 3 is 2.17 bits per heavy atom. The van der Waals surface area contributed by atoms with Crippen molar-refractivity contribution in [2.75, 3.05) is 18.4 Å². The van der Waals surface area contributed by atoms with Gasteiger partial charge in [0.1, 0.15) is 6.04 Å². The van der Waals surface area contributed by atoms with Crippen molar-refractivity contribution in [3.63, 3.8) is 0 Å². The Morgan fingerprint density at radius 2 is 1.61 bits per heavy atom. The summed E-state index contributed by atoms with van der Waals surface area (Å²) in [5.41, 5.74) is 0.651. The third-order valence-electron chi connectivity index (χ3n) is 3.07. The molecule has 1 aromatic carbocycles. The molecule has 7 heteroatoms. The summed E-state index contributed by atoms with van der Waals surface area (Å²) in [7, 11) is 0. The van der Waals surface area contributed by atoms with E-state index in [1.165, 1.54) is 6.92 Å². The molecule has 0 saturated carbocycles. The van der Waals surface area contributed by atoms with Gasteiger partial charge in [0.25, 0.3) is 0 Å². The van der Waals surface area contributed by atoms with Crippen molar-refractivity contribution in [3.8, 4) is 0 Å². The Labute approximate surface area is 136 Å². The first-order valence-corrected chi connectivity index (χ1v) is 7.55. The summed E-state index contributed by atoms with van der Waals surface area (Å²) < 4.78 is 0. The molecule has 0 aliphatic heterocycles. The fraction of sp³-hybridized carbons (Fsp3) is 0.438. The second kappa shape index (κ2) is 9.45. The predicted molar refractivity (Wildman–Crippen MR) is 88.9 cm³/mol. The minimum absolute atomic E-state index is 0.0720. The van der Waals surface area contributed by atoms with Crippen LogP contribution in [0.15, 0.2) is 30.3 Å². The number of benzene rings is 1. The molecule has 23 heavy (non-hydrogen) atoms. The fourth-order valence-corrected chi connectivity index (χ4v) is 1.90. The normalized spacial score (nSPS) is 11.5. The van der Waals surface area contributed by atoms with Crippen molar-refractivity contribution in [2.45, 2.75) is 26.8 Å². The number of anilines is 1. The van der Waals surface area contributed by atoms with Crippen LogP contribution in [0.2, 0.25) is 0 Å². The minimum atomic E-state index is -0.656. The molecule has 1 rings (SSSR count). The molecule has 1 unspecified atom stereocenters. The number of nitrogens with one attached hydrogen (secondary N) is 4. The lowest BCUT2D eigenvalue weighted by Gasteiger charge is -2.22. The number of carbonyl (C=O) groups is 3. The maximum absolute atomic E-state index is 12.2. The standard InChI is InChI=1S/C16H24N4O3/c1-11(2)14(15(22)18-10-9-17-12(3)21)20-16(23)19-13-7-5-4-6-8-13/h4-8,11,14H,9-10H2,1-3H3,(H,17,21)(H,18,22)(H2,19,20,23). The topological polar surface area (TPSA) is 99.3 Å². The number of hydrogen-bond acceptors (Lipinski definition) is 3. The van der Waals surface area contributed by atoms with Crippen molar-refractivity contribution < 1.29 is 14.4 Å². The van der Waals surface area contributed by atoms with Crippen LogP contribution in [0, 0.1) is 5.92 Å². The molecule has 0 spiro atoms. The summed E-state index contributed by atoms with van der Waals surface area (Å²) in [5, 5.41) is 10.6. The van der Waals surface area contributed by atoms with Crippen LogP contribution in [0.4, 0.5) is 10.5 Å². The second-order valence-corrected chi connectivity index (χ2v) is 5.46. The largest absolute Gasteiger partial charge is 0.355 e. The van der Waals surface area contributed by atoms with E-state index in [-0.39, 0.29) is 17.7 Å². The highest BCUT2D eigenvalue weighted by Crippen LogP contribution is 2.06. The highest BCUT2D eigenvalue weighted by molar-refractivity contribution is 5.93. The maximum atomic E-state index is 12.2. The lowest BCUT2D eigenvalue weighted by Crippen LogP contribution is -2.51.